The van der Waals surface area contributed by atoms with Gasteiger partial charge in [0.15, 0.2) is 0 Å². The topological polar surface area (TPSA) is 102 Å². The minimum atomic E-state index is -4.02. The number of hydrogen-bond donors (Lipinski definition) is 1. The Morgan fingerprint density at radius 1 is 1.00 bits per heavy atom. The number of aryl methyl sites for hydroxylation is 1. The monoisotopic (exact) mass is 552 g/mol. The zero-order chi connectivity index (χ0) is 27.3. The Hall–Kier alpha value is -3.73. The number of fused-ring (bicyclic) bond motifs is 1. The maximum atomic E-state index is 13.7. The third kappa shape index (κ3) is 6.21. The van der Waals surface area contributed by atoms with E-state index in [4.69, 9.17) is 9.47 Å². The summed E-state index contributed by atoms with van der Waals surface area (Å²) in [6, 6.07) is 20.7. The summed E-state index contributed by atoms with van der Waals surface area (Å²) in [6.07, 6.45) is 0. The molecule has 8 nitrogen and oxygen atoms in total. The lowest BCUT2D eigenvalue weighted by molar-refractivity contribution is -0.116. The predicted octanol–water partition coefficient (Wildman–Crippen LogP) is 5.22. The smallest absolute Gasteiger partial charge is 0.348 e. The van der Waals surface area contributed by atoms with Gasteiger partial charge in [0.2, 0.25) is 15.9 Å². The lowest BCUT2D eigenvalue weighted by Gasteiger charge is -2.22. The van der Waals surface area contributed by atoms with Gasteiger partial charge in [-0.25, -0.2) is 13.2 Å². The van der Waals surface area contributed by atoms with Crippen molar-refractivity contribution in [2.45, 2.75) is 25.3 Å². The molecule has 1 N–H and O–H groups in total. The summed E-state index contributed by atoms with van der Waals surface area (Å²) in [6.45, 7) is 3.74. The SMILES string of the molecule is CCOc1ccc(S(=O)(=O)N(CC(=O)Nc2ccc3sc(C(=O)OC)cc3c2)Cc2ccccc2)cc1C. The summed E-state index contributed by atoms with van der Waals surface area (Å²) in [5.74, 6) is -0.309. The largest absolute Gasteiger partial charge is 0.494 e. The summed E-state index contributed by atoms with van der Waals surface area (Å²) in [4.78, 5) is 25.5. The van der Waals surface area contributed by atoms with Crippen molar-refractivity contribution in [1.29, 1.82) is 0 Å². The van der Waals surface area contributed by atoms with E-state index >= 15 is 0 Å². The van der Waals surface area contributed by atoms with Gasteiger partial charge in [0.25, 0.3) is 0 Å². The number of benzene rings is 3. The average Bonchev–Trinajstić information content (AvgIpc) is 3.33. The Morgan fingerprint density at radius 2 is 1.76 bits per heavy atom. The Balaban J connectivity index is 1.58. The van der Waals surface area contributed by atoms with Crippen LogP contribution in [0.4, 0.5) is 5.69 Å². The first-order valence-corrected chi connectivity index (χ1v) is 14.2. The van der Waals surface area contributed by atoms with Gasteiger partial charge in [-0.15, -0.1) is 11.3 Å². The van der Waals surface area contributed by atoms with Crippen molar-refractivity contribution < 1.29 is 27.5 Å². The summed E-state index contributed by atoms with van der Waals surface area (Å²) in [5, 5.41) is 3.56. The molecule has 0 fully saturated rings. The summed E-state index contributed by atoms with van der Waals surface area (Å²) < 4.78 is 39.7. The molecule has 0 atom stereocenters. The lowest BCUT2D eigenvalue weighted by Crippen LogP contribution is -2.37. The van der Waals surface area contributed by atoms with Gasteiger partial charge in [-0.3, -0.25) is 4.79 Å². The van der Waals surface area contributed by atoms with Crippen LogP contribution in [0.1, 0.15) is 27.7 Å². The molecule has 10 heteroatoms. The van der Waals surface area contributed by atoms with Crippen molar-refractivity contribution >= 4 is 49.0 Å². The molecule has 4 aromatic rings. The number of esters is 1. The number of carbonyl (C=O) groups excluding carboxylic acids is 2. The number of rotatable bonds is 10. The van der Waals surface area contributed by atoms with Crippen molar-refractivity contribution in [3.05, 3.63) is 88.8 Å². The van der Waals surface area contributed by atoms with Crippen molar-refractivity contribution in [2.75, 3.05) is 25.6 Å². The number of amides is 1. The van der Waals surface area contributed by atoms with Crippen LogP contribution in [0.5, 0.6) is 5.75 Å². The van der Waals surface area contributed by atoms with Crippen LogP contribution in [0, 0.1) is 6.92 Å². The number of anilines is 1. The van der Waals surface area contributed by atoms with Crippen LogP contribution in [0.25, 0.3) is 10.1 Å². The summed E-state index contributed by atoms with van der Waals surface area (Å²) in [7, 11) is -2.70. The van der Waals surface area contributed by atoms with E-state index in [2.05, 4.69) is 5.32 Å². The van der Waals surface area contributed by atoms with E-state index in [-0.39, 0.29) is 11.4 Å². The molecule has 0 aliphatic carbocycles. The third-order valence-corrected chi connectivity index (χ3v) is 8.68. The number of methoxy groups -OCH3 is 1. The zero-order valence-electron chi connectivity index (χ0n) is 21.3. The Kier molecular flexibility index (Phi) is 8.45. The van der Waals surface area contributed by atoms with Crippen molar-refractivity contribution in [3.8, 4) is 5.75 Å². The maximum absolute atomic E-state index is 13.7. The van der Waals surface area contributed by atoms with Crippen LogP contribution < -0.4 is 10.1 Å². The van der Waals surface area contributed by atoms with Crippen molar-refractivity contribution in [3.63, 3.8) is 0 Å². The normalized spacial score (nSPS) is 11.5. The van der Waals surface area contributed by atoms with Crippen LogP contribution >= 0.6 is 11.3 Å². The van der Waals surface area contributed by atoms with Crippen LogP contribution in [-0.4, -0.2) is 44.9 Å². The van der Waals surface area contributed by atoms with E-state index in [1.807, 2.05) is 37.3 Å². The van der Waals surface area contributed by atoms with E-state index < -0.39 is 28.4 Å². The number of sulfonamides is 1. The fourth-order valence-corrected chi connectivity index (χ4v) is 6.38. The molecule has 0 unspecified atom stereocenters. The van der Waals surface area contributed by atoms with Gasteiger partial charge in [-0.05, 0) is 72.8 Å². The summed E-state index contributed by atoms with van der Waals surface area (Å²) in [5.41, 5.74) is 1.93. The number of carbonyl (C=O) groups is 2. The first-order chi connectivity index (χ1) is 18.2. The highest BCUT2D eigenvalue weighted by Gasteiger charge is 2.28. The predicted molar refractivity (Wildman–Crippen MR) is 148 cm³/mol. The highest BCUT2D eigenvalue weighted by Crippen LogP contribution is 2.29. The molecular formula is C28H28N2O6S2. The van der Waals surface area contributed by atoms with Crippen molar-refractivity contribution in [2.24, 2.45) is 0 Å². The van der Waals surface area contributed by atoms with E-state index in [0.29, 0.717) is 28.5 Å². The molecule has 38 heavy (non-hydrogen) atoms. The third-order valence-electron chi connectivity index (χ3n) is 5.79. The number of nitrogens with one attached hydrogen (secondary N) is 1. The molecule has 0 aliphatic rings. The second-order valence-electron chi connectivity index (χ2n) is 8.52. The van der Waals surface area contributed by atoms with Gasteiger partial charge in [0.05, 0.1) is 25.2 Å². The van der Waals surface area contributed by atoms with Gasteiger partial charge in [-0.2, -0.15) is 4.31 Å². The minimum Gasteiger partial charge on any atom is -0.494 e. The maximum Gasteiger partial charge on any atom is 0.348 e. The van der Waals surface area contributed by atoms with Crippen LogP contribution in [0.2, 0.25) is 0 Å². The molecule has 0 saturated heterocycles. The lowest BCUT2D eigenvalue weighted by atomic mass is 10.2. The van der Waals surface area contributed by atoms with E-state index in [1.165, 1.54) is 24.5 Å². The number of nitrogens with zero attached hydrogens (tertiary/aromatic N) is 1. The second-order valence-corrected chi connectivity index (χ2v) is 11.5. The summed E-state index contributed by atoms with van der Waals surface area (Å²) >= 11 is 1.29. The molecule has 0 radical (unpaired) electrons. The van der Waals surface area contributed by atoms with Crippen LogP contribution in [-0.2, 0) is 26.1 Å². The zero-order valence-corrected chi connectivity index (χ0v) is 22.9. The fraction of sp³-hybridized carbons (Fsp3) is 0.214. The molecule has 1 aromatic heterocycles. The van der Waals surface area contributed by atoms with Gasteiger partial charge in [0.1, 0.15) is 10.6 Å². The Bertz CT molecular complexity index is 1570. The van der Waals surface area contributed by atoms with Gasteiger partial charge >= 0.3 is 5.97 Å². The van der Waals surface area contributed by atoms with Crippen LogP contribution in [0.15, 0.2) is 77.7 Å². The Morgan fingerprint density at radius 3 is 2.45 bits per heavy atom. The van der Waals surface area contributed by atoms with E-state index in [9.17, 15) is 18.0 Å². The number of ether oxygens (including phenoxy) is 2. The standard InChI is InChI=1S/C28H28N2O6S2/c1-4-36-24-12-11-23(14-19(24)2)38(33,34)30(17-20-8-6-5-7-9-20)18-27(31)29-22-10-13-25-21(15-22)16-26(37-25)28(32)35-3/h5-16H,4,17-18H2,1-3H3,(H,29,31). The number of thiophene rings is 1. The van der Waals surface area contributed by atoms with Crippen molar-refractivity contribution in [1.82, 2.24) is 4.31 Å². The molecule has 0 saturated carbocycles. The molecule has 0 spiro atoms. The highest BCUT2D eigenvalue weighted by atomic mass is 32.2. The average molecular weight is 553 g/mol. The minimum absolute atomic E-state index is 0.0227. The Labute approximate surface area is 225 Å². The molecule has 198 valence electrons. The second kappa shape index (κ2) is 11.8. The molecule has 1 heterocycles. The van der Waals surface area contributed by atoms with Gasteiger partial charge in [-0.1, -0.05) is 30.3 Å². The van der Waals surface area contributed by atoms with Gasteiger partial charge in [0, 0.05) is 16.9 Å². The molecule has 1 amide bonds. The first kappa shape index (κ1) is 27.3. The first-order valence-electron chi connectivity index (χ1n) is 11.9. The van der Waals surface area contributed by atoms with Gasteiger partial charge < -0.3 is 14.8 Å². The molecule has 4 rings (SSSR count). The molecule has 0 bridgehead atoms. The molecule has 3 aromatic carbocycles. The quantitative estimate of drug-likeness (QED) is 0.271. The fourth-order valence-electron chi connectivity index (χ4n) is 3.94. The van der Waals surface area contributed by atoms with E-state index in [1.54, 1.807) is 43.3 Å². The molecule has 0 aliphatic heterocycles. The highest BCUT2D eigenvalue weighted by molar-refractivity contribution is 7.89. The number of hydrogen-bond acceptors (Lipinski definition) is 7. The van der Waals surface area contributed by atoms with E-state index in [0.717, 1.165) is 20.0 Å². The molecular weight excluding hydrogens is 524 g/mol. The van der Waals surface area contributed by atoms with Crippen LogP contribution in [0.3, 0.4) is 0 Å².